The SMILES string of the molecule is COc1ccc2c(CC(=O)N3CCN(S(=O)(=O)c4ccc(C)cc4C)CC3)coc2c1. The van der Waals surface area contributed by atoms with Crippen LogP contribution in [-0.4, -0.2) is 56.8 Å². The van der Waals surface area contributed by atoms with Crippen molar-refractivity contribution < 1.29 is 22.4 Å². The minimum absolute atomic E-state index is 0.0397. The van der Waals surface area contributed by atoms with Crippen LogP contribution in [0.2, 0.25) is 0 Å². The molecule has 8 heteroatoms. The van der Waals surface area contributed by atoms with Gasteiger partial charge < -0.3 is 14.1 Å². The molecule has 1 fully saturated rings. The molecule has 31 heavy (non-hydrogen) atoms. The molecular formula is C23H26N2O5S. The Morgan fingerprint density at radius 2 is 1.81 bits per heavy atom. The van der Waals surface area contributed by atoms with E-state index >= 15 is 0 Å². The fraction of sp³-hybridized carbons (Fsp3) is 0.348. The van der Waals surface area contributed by atoms with Crippen LogP contribution in [0.1, 0.15) is 16.7 Å². The van der Waals surface area contributed by atoms with E-state index in [1.54, 1.807) is 30.4 Å². The van der Waals surface area contributed by atoms with Crippen LogP contribution >= 0.6 is 0 Å². The first-order valence-electron chi connectivity index (χ1n) is 10.2. The van der Waals surface area contributed by atoms with E-state index in [4.69, 9.17) is 9.15 Å². The Morgan fingerprint density at radius 1 is 1.06 bits per heavy atom. The van der Waals surface area contributed by atoms with E-state index in [9.17, 15) is 13.2 Å². The second-order valence-corrected chi connectivity index (χ2v) is 9.76. The van der Waals surface area contributed by atoms with Crippen LogP contribution < -0.4 is 4.74 Å². The maximum absolute atomic E-state index is 13.1. The van der Waals surface area contributed by atoms with E-state index in [-0.39, 0.29) is 25.4 Å². The third-order valence-corrected chi connectivity index (χ3v) is 7.80. The van der Waals surface area contributed by atoms with Gasteiger partial charge in [-0.15, -0.1) is 0 Å². The molecule has 1 amide bonds. The molecule has 0 bridgehead atoms. The van der Waals surface area contributed by atoms with Gasteiger partial charge in [0.2, 0.25) is 15.9 Å². The second-order valence-electron chi connectivity index (χ2n) is 7.85. The van der Waals surface area contributed by atoms with Gasteiger partial charge in [-0.2, -0.15) is 4.31 Å². The molecule has 0 saturated carbocycles. The summed E-state index contributed by atoms with van der Waals surface area (Å²) in [6, 6.07) is 10.9. The molecule has 4 rings (SSSR count). The zero-order valence-electron chi connectivity index (χ0n) is 17.9. The minimum atomic E-state index is -3.58. The Labute approximate surface area is 182 Å². The highest BCUT2D eigenvalue weighted by atomic mass is 32.2. The molecule has 0 unspecified atom stereocenters. The summed E-state index contributed by atoms with van der Waals surface area (Å²) in [6.07, 6.45) is 1.81. The summed E-state index contributed by atoms with van der Waals surface area (Å²) >= 11 is 0. The highest BCUT2D eigenvalue weighted by Crippen LogP contribution is 2.27. The number of carbonyl (C=O) groups is 1. The quantitative estimate of drug-likeness (QED) is 0.607. The molecule has 3 aromatic rings. The molecule has 0 aliphatic carbocycles. The van der Waals surface area contributed by atoms with Crippen LogP contribution in [0, 0.1) is 13.8 Å². The highest BCUT2D eigenvalue weighted by molar-refractivity contribution is 7.89. The molecule has 1 aromatic heterocycles. The molecule has 0 radical (unpaired) electrons. The molecule has 0 atom stereocenters. The van der Waals surface area contributed by atoms with Crippen molar-refractivity contribution in [3.63, 3.8) is 0 Å². The second kappa shape index (κ2) is 8.36. The van der Waals surface area contributed by atoms with Gasteiger partial charge >= 0.3 is 0 Å². The van der Waals surface area contributed by atoms with Crippen molar-refractivity contribution in [1.29, 1.82) is 0 Å². The van der Waals surface area contributed by atoms with Gasteiger partial charge in [0.25, 0.3) is 0 Å². The van der Waals surface area contributed by atoms with Gasteiger partial charge in [0.05, 0.1) is 24.7 Å². The predicted octanol–water partition coefficient (Wildman–Crippen LogP) is 3.13. The smallest absolute Gasteiger partial charge is 0.243 e. The van der Waals surface area contributed by atoms with Crippen molar-refractivity contribution in [3.8, 4) is 5.75 Å². The van der Waals surface area contributed by atoms with Gasteiger partial charge in [0, 0.05) is 43.2 Å². The summed E-state index contributed by atoms with van der Waals surface area (Å²) in [5, 5.41) is 0.880. The van der Waals surface area contributed by atoms with Crippen LogP contribution in [0.5, 0.6) is 5.75 Å². The van der Waals surface area contributed by atoms with Crippen LogP contribution in [0.3, 0.4) is 0 Å². The highest BCUT2D eigenvalue weighted by Gasteiger charge is 2.31. The summed E-state index contributed by atoms with van der Waals surface area (Å²) in [4.78, 5) is 14.9. The van der Waals surface area contributed by atoms with Gasteiger partial charge in [0.1, 0.15) is 11.3 Å². The number of hydrogen-bond acceptors (Lipinski definition) is 5. The van der Waals surface area contributed by atoms with E-state index < -0.39 is 10.0 Å². The number of amides is 1. The van der Waals surface area contributed by atoms with Crippen molar-refractivity contribution in [2.45, 2.75) is 25.2 Å². The van der Waals surface area contributed by atoms with Gasteiger partial charge in [-0.25, -0.2) is 8.42 Å². The third kappa shape index (κ3) is 4.18. The van der Waals surface area contributed by atoms with Gasteiger partial charge in [-0.1, -0.05) is 17.7 Å². The van der Waals surface area contributed by atoms with Crippen molar-refractivity contribution >= 4 is 26.9 Å². The normalized spacial score (nSPS) is 15.4. The van der Waals surface area contributed by atoms with E-state index in [1.165, 1.54) is 4.31 Å². The molecule has 164 valence electrons. The number of fused-ring (bicyclic) bond motifs is 1. The number of rotatable bonds is 5. The van der Waals surface area contributed by atoms with E-state index in [2.05, 4.69) is 0 Å². The Morgan fingerprint density at radius 3 is 2.48 bits per heavy atom. The molecule has 2 heterocycles. The van der Waals surface area contributed by atoms with Gasteiger partial charge in [-0.3, -0.25) is 4.79 Å². The van der Waals surface area contributed by atoms with Crippen molar-refractivity contribution in [2.75, 3.05) is 33.3 Å². The average Bonchev–Trinajstić information content (AvgIpc) is 3.15. The number of aryl methyl sites for hydroxylation is 2. The summed E-state index contributed by atoms with van der Waals surface area (Å²) in [5.74, 6) is 0.656. The first-order valence-corrected chi connectivity index (χ1v) is 11.6. The van der Waals surface area contributed by atoms with Crippen LogP contribution in [0.15, 0.2) is 52.0 Å². The lowest BCUT2D eigenvalue weighted by Gasteiger charge is -2.34. The topological polar surface area (TPSA) is 80.1 Å². The standard InChI is InChI=1S/C23H26N2O5S/c1-16-4-7-22(17(2)12-16)31(27,28)25-10-8-24(9-11-25)23(26)13-18-15-30-21-14-19(29-3)5-6-20(18)21/h4-7,12,14-15H,8-11,13H2,1-3H3. The van der Waals surface area contributed by atoms with Crippen LogP contribution in [-0.2, 0) is 21.2 Å². The van der Waals surface area contributed by atoms with Crippen LogP contribution in [0.4, 0.5) is 0 Å². The number of furan rings is 1. The van der Waals surface area contributed by atoms with Crippen molar-refractivity contribution in [3.05, 3.63) is 59.4 Å². The zero-order valence-corrected chi connectivity index (χ0v) is 18.7. The van der Waals surface area contributed by atoms with Gasteiger partial charge in [-0.05, 0) is 37.6 Å². The maximum Gasteiger partial charge on any atom is 0.243 e. The lowest BCUT2D eigenvalue weighted by atomic mass is 10.1. The predicted molar refractivity (Wildman–Crippen MR) is 118 cm³/mol. The molecule has 0 spiro atoms. The Kier molecular flexibility index (Phi) is 5.77. The van der Waals surface area contributed by atoms with E-state index in [0.717, 1.165) is 22.1 Å². The number of methoxy groups -OCH3 is 1. The van der Waals surface area contributed by atoms with Gasteiger partial charge in [0.15, 0.2) is 0 Å². The molecule has 7 nitrogen and oxygen atoms in total. The number of hydrogen-bond donors (Lipinski definition) is 0. The first kappa shape index (κ1) is 21.4. The summed E-state index contributed by atoms with van der Waals surface area (Å²) < 4.78 is 38.3. The monoisotopic (exact) mass is 442 g/mol. The Bertz CT molecular complexity index is 1220. The third-order valence-electron chi connectivity index (χ3n) is 5.74. The molecule has 0 N–H and O–H groups in total. The van der Waals surface area contributed by atoms with E-state index in [1.807, 2.05) is 38.1 Å². The summed E-state index contributed by atoms with van der Waals surface area (Å²) in [6.45, 7) is 5.05. The molecular weight excluding hydrogens is 416 g/mol. The Hall–Kier alpha value is -2.84. The number of ether oxygens (including phenoxy) is 1. The summed E-state index contributed by atoms with van der Waals surface area (Å²) in [7, 11) is -1.98. The van der Waals surface area contributed by atoms with Crippen molar-refractivity contribution in [1.82, 2.24) is 9.21 Å². The number of nitrogens with zero attached hydrogens (tertiary/aromatic N) is 2. The lowest BCUT2D eigenvalue weighted by Crippen LogP contribution is -2.50. The molecule has 2 aromatic carbocycles. The Balaban J connectivity index is 1.42. The van der Waals surface area contributed by atoms with Crippen molar-refractivity contribution in [2.24, 2.45) is 0 Å². The molecule has 1 aliphatic rings. The van der Waals surface area contributed by atoms with Crippen LogP contribution in [0.25, 0.3) is 11.0 Å². The number of sulfonamides is 1. The average molecular weight is 443 g/mol. The summed E-state index contributed by atoms with van der Waals surface area (Å²) in [5.41, 5.74) is 3.25. The largest absolute Gasteiger partial charge is 0.497 e. The number of piperazine rings is 1. The number of benzene rings is 2. The first-order chi connectivity index (χ1) is 14.8. The lowest BCUT2D eigenvalue weighted by molar-refractivity contribution is -0.131. The fourth-order valence-electron chi connectivity index (χ4n) is 4.01. The fourth-order valence-corrected chi connectivity index (χ4v) is 5.64. The molecule has 1 aliphatic heterocycles. The maximum atomic E-state index is 13.1. The minimum Gasteiger partial charge on any atom is -0.497 e. The zero-order chi connectivity index (χ0) is 22.2. The van der Waals surface area contributed by atoms with E-state index in [0.29, 0.717) is 29.3 Å². The number of carbonyl (C=O) groups excluding carboxylic acids is 1. The molecule has 1 saturated heterocycles.